The third kappa shape index (κ3) is 5.48. The number of carbonyl (C=O) groups is 1. The molecule has 0 fully saturated rings. The second kappa shape index (κ2) is 9.86. The molecule has 0 heterocycles. The first-order chi connectivity index (χ1) is 14.7. The number of fused-ring (bicyclic) bond motifs is 1. The van der Waals surface area contributed by atoms with Gasteiger partial charge in [-0.3, -0.25) is 9.10 Å². The minimum Gasteiger partial charge on any atom is -0.347 e. The number of hydrogen-bond acceptors (Lipinski definition) is 3. The predicted molar refractivity (Wildman–Crippen MR) is 127 cm³/mol. The number of nitrogens with one attached hydrogen (secondary N) is 1. The van der Waals surface area contributed by atoms with Crippen LogP contribution in [0.4, 0.5) is 5.69 Å². The summed E-state index contributed by atoms with van der Waals surface area (Å²) in [6.07, 6.45) is 6.93. The SMILES string of the molecule is CC[C@H](NC(=O)[C@H](CC)N(c1cccc(C)c1)S(C)(=O)=O)c1ccc2c(c1)CCCC2. The summed E-state index contributed by atoms with van der Waals surface area (Å²) in [5.41, 5.74) is 5.34. The van der Waals surface area contributed by atoms with Crippen molar-refractivity contribution in [2.24, 2.45) is 0 Å². The van der Waals surface area contributed by atoms with Crippen LogP contribution in [0.5, 0.6) is 0 Å². The van der Waals surface area contributed by atoms with Gasteiger partial charge >= 0.3 is 0 Å². The van der Waals surface area contributed by atoms with Crippen LogP contribution in [0, 0.1) is 6.92 Å². The molecule has 1 aliphatic carbocycles. The second-order valence-corrected chi connectivity index (χ2v) is 10.4. The van der Waals surface area contributed by atoms with Gasteiger partial charge in [-0.05, 0) is 79.8 Å². The molecule has 31 heavy (non-hydrogen) atoms. The monoisotopic (exact) mass is 442 g/mol. The second-order valence-electron chi connectivity index (χ2n) is 8.53. The lowest BCUT2D eigenvalue weighted by Gasteiger charge is -2.32. The number of sulfonamides is 1. The molecule has 0 spiro atoms. The van der Waals surface area contributed by atoms with E-state index in [4.69, 9.17) is 0 Å². The zero-order valence-corrected chi connectivity index (χ0v) is 19.8. The topological polar surface area (TPSA) is 66.5 Å². The molecule has 3 rings (SSSR count). The van der Waals surface area contributed by atoms with Gasteiger partial charge in [-0.25, -0.2) is 8.42 Å². The summed E-state index contributed by atoms with van der Waals surface area (Å²) in [5.74, 6) is -0.265. The number of aryl methyl sites for hydroxylation is 3. The molecule has 1 N–H and O–H groups in total. The van der Waals surface area contributed by atoms with Crippen molar-refractivity contribution in [3.8, 4) is 0 Å². The fourth-order valence-electron chi connectivity index (χ4n) is 4.48. The number of rotatable bonds is 8. The normalized spacial score (nSPS) is 15.6. The molecule has 1 aliphatic rings. The smallest absolute Gasteiger partial charge is 0.244 e. The number of carbonyl (C=O) groups excluding carboxylic acids is 1. The Hall–Kier alpha value is -2.34. The fraction of sp³-hybridized carbons (Fsp3) is 0.480. The van der Waals surface area contributed by atoms with Gasteiger partial charge in [0.05, 0.1) is 18.0 Å². The van der Waals surface area contributed by atoms with Gasteiger partial charge in [-0.1, -0.05) is 44.2 Å². The van der Waals surface area contributed by atoms with Gasteiger partial charge in [-0.15, -0.1) is 0 Å². The summed E-state index contributed by atoms with van der Waals surface area (Å²) in [7, 11) is -3.64. The van der Waals surface area contributed by atoms with Crippen molar-refractivity contribution in [2.45, 2.75) is 71.4 Å². The molecule has 0 unspecified atom stereocenters. The summed E-state index contributed by atoms with van der Waals surface area (Å²) in [5, 5.41) is 3.13. The molecule has 2 aromatic rings. The average molecular weight is 443 g/mol. The summed E-state index contributed by atoms with van der Waals surface area (Å²) in [4.78, 5) is 13.3. The number of anilines is 1. The number of hydrogen-bond donors (Lipinski definition) is 1. The zero-order valence-electron chi connectivity index (χ0n) is 19.0. The van der Waals surface area contributed by atoms with Crippen molar-refractivity contribution in [3.05, 3.63) is 64.7 Å². The maximum Gasteiger partial charge on any atom is 0.244 e. The van der Waals surface area contributed by atoms with Crippen molar-refractivity contribution in [1.29, 1.82) is 0 Å². The Morgan fingerprint density at radius 2 is 1.74 bits per heavy atom. The predicted octanol–water partition coefficient (Wildman–Crippen LogP) is 4.69. The molecule has 168 valence electrons. The van der Waals surface area contributed by atoms with Gasteiger partial charge in [0.2, 0.25) is 15.9 Å². The van der Waals surface area contributed by atoms with E-state index in [1.165, 1.54) is 28.3 Å². The highest BCUT2D eigenvalue weighted by Gasteiger charge is 2.32. The molecular formula is C25H34N2O3S. The quantitative estimate of drug-likeness (QED) is 0.645. The van der Waals surface area contributed by atoms with Gasteiger partial charge in [0.15, 0.2) is 0 Å². The molecule has 0 saturated carbocycles. The minimum absolute atomic E-state index is 0.146. The fourth-order valence-corrected chi connectivity index (χ4v) is 5.69. The van der Waals surface area contributed by atoms with Crippen LogP contribution < -0.4 is 9.62 Å². The van der Waals surface area contributed by atoms with Crippen molar-refractivity contribution >= 4 is 21.6 Å². The van der Waals surface area contributed by atoms with Crippen molar-refractivity contribution in [1.82, 2.24) is 5.32 Å². The van der Waals surface area contributed by atoms with Gasteiger partial charge in [0.25, 0.3) is 0 Å². The lowest BCUT2D eigenvalue weighted by atomic mass is 9.88. The van der Waals surface area contributed by atoms with Crippen LogP contribution in [0.25, 0.3) is 0 Å². The van der Waals surface area contributed by atoms with Crippen LogP contribution in [0.3, 0.4) is 0 Å². The highest BCUT2D eigenvalue weighted by Crippen LogP contribution is 2.27. The third-order valence-electron chi connectivity index (χ3n) is 6.09. The average Bonchev–Trinajstić information content (AvgIpc) is 2.74. The molecule has 0 saturated heterocycles. The van der Waals surface area contributed by atoms with E-state index in [-0.39, 0.29) is 11.9 Å². The van der Waals surface area contributed by atoms with Gasteiger partial charge in [0.1, 0.15) is 6.04 Å². The highest BCUT2D eigenvalue weighted by molar-refractivity contribution is 7.92. The number of amides is 1. The lowest BCUT2D eigenvalue weighted by molar-refractivity contribution is -0.123. The Morgan fingerprint density at radius 1 is 1.03 bits per heavy atom. The third-order valence-corrected chi connectivity index (χ3v) is 7.27. The molecule has 2 aromatic carbocycles. The Kier molecular flexibility index (Phi) is 7.42. The van der Waals surface area contributed by atoms with Gasteiger partial charge < -0.3 is 5.32 Å². The van der Waals surface area contributed by atoms with E-state index in [0.29, 0.717) is 12.1 Å². The van der Waals surface area contributed by atoms with Crippen LogP contribution >= 0.6 is 0 Å². The molecule has 0 aliphatic heterocycles. The Bertz CT molecular complexity index is 1030. The summed E-state index contributed by atoms with van der Waals surface area (Å²) in [6.45, 7) is 5.80. The maximum atomic E-state index is 13.3. The first-order valence-corrected chi connectivity index (χ1v) is 13.1. The van der Waals surface area contributed by atoms with Crippen molar-refractivity contribution in [2.75, 3.05) is 10.6 Å². The van der Waals surface area contributed by atoms with E-state index >= 15 is 0 Å². The van der Waals surface area contributed by atoms with Gasteiger partial charge in [-0.2, -0.15) is 0 Å². The van der Waals surface area contributed by atoms with Gasteiger partial charge in [0, 0.05) is 0 Å². The Labute approximate surface area is 186 Å². The van der Waals surface area contributed by atoms with Crippen LogP contribution in [-0.4, -0.2) is 26.6 Å². The van der Waals surface area contributed by atoms with E-state index < -0.39 is 16.1 Å². The standard InChI is InChI=1S/C25H34N2O3S/c1-5-23(21-15-14-19-11-7-8-12-20(19)17-21)26-25(28)24(6-2)27(31(4,29)30)22-13-9-10-18(3)16-22/h9-10,13-17,23-24H,5-8,11-12H2,1-4H3,(H,26,28)/t23-,24-/m0/s1. The zero-order chi connectivity index (χ0) is 22.6. The molecule has 2 atom stereocenters. The molecular weight excluding hydrogens is 408 g/mol. The van der Waals surface area contributed by atoms with Crippen LogP contribution in [0.2, 0.25) is 0 Å². The van der Waals surface area contributed by atoms with E-state index in [1.807, 2.05) is 32.9 Å². The summed E-state index contributed by atoms with van der Waals surface area (Å²) < 4.78 is 26.6. The van der Waals surface area contributed by atoms with Crippen LogP contribution in [-0.2, 0) is 27.7 Å². The first-order valence-electron chi connectivity index (χ1n) is 11.2. The molecule has 6 heteroatoms. The summed E-state index contributed by atoms with van der Waals surface area (Å²) >= 11 is 0. The summed E-state index contributed by atoms with van der Waals surface area (Å²) in [6, 6.07) is 12.8. The van der Waals surface area contributed by atoms with E-state index in [1.54, 1.807) is 12.1 Å². The van der Waals surface area contributed by atoms with Crippen LogP contribution in [0.15, 0.2) is 42.5 Å². The van der Waals surface area contributed by atoms with Crippen molar-refractivity contribution < 1.29 is 13.2 Å². The molecule has 0 bridgehead atoms. The largest absolute Gasteiger partial charge is 0.347 e. The Balaban J connectivity index is 1.87. The minimum atomic E-state index is -3.64. The van der Waals surface area contributed by atoms with Crippen molar-refractivity contribution in [3.63, 3.8) is 0 Å². The highest BCUT2D eigenvalue weighted by atomic mass is 32.2. The first kappa shape index (κ1) is 23.3. The van der Waals surface area contributed by atoms with E-state index in [2.05, 4.69) is 23.5 Å². The molecule has 5 nitrogen and oxygen atoms in total. The number of benzene rings is 2. The molecule has 0 aromatic heterocycles. The van der Waals surface area contributed by atoms with Crippen LogP contribution in [0.1, 0.15) is 67.8 Å². The van der Waals surface area contributed by atoms with E-state index in [9.17, 15) is 13.2 Å². The lowest BCUT2D eigenvalue weighted by Crippen LogP contribution is -2.50. The Morgan fingerprint density at radius 3 is 2.35 bits per heavy atom. The molecule has 1 amide bonds. The molecule has 0 radical (unpaired) electrons. The van der Waals surface area contributed by atoms with E-state index in [0.717, 1.165) is 36.6 Å². The number of nitrogens with zero attached hydrogens (tertiary/aromatic N) is 1. The maximum absolute atomic E-state index is 13.3.